The monoisotopic (exact) mass is 318 g/mol. The zero-order valence-corrected chi connectivity index (χ0v) is 12.0. The van der Waals surface area contributed by atoms with E-state index in [0.29, 0.717) is 24.6 Å². The molecule has 4 nitrogen and oxygen atoms in total. The summed E-state index contributed by atoms with van der Waals surface area (Å²) in [5, 5.41) is 0. The zero-order chi connectivity index (χ0) is 16.1. The van der Waals surface area contributed by atoms with Crippen molar-refractivity contribution < 1.29 is 13.2 Å². The van der Waals surface area contributed by atoms with Crippen molar-refractivity contribution in [2.45, 2.75) is 24.8 Å². The number of nitrogens with two attached hydrogens (primary N) is 1. The summed E-state index contributed by atoms with van der Waals surface area (Å²) >= 11 is 0. The van der Waals surface area contributed by atoms with Crippen LogP contribution in [0.4, 0.5) is 13.2 Å². The first kappa shape index (κ1) is 14.2. The van der Waals surface area contributed by atoms with Crippen molar-refractivity contribution in [3.05, 3.63) is 65.1 Å². The van der Waals surface area contributed by atoms with E-state index in [-0.39, 0.29) is 5.56 Å². The minimum atomic E-state index is -1.20. The molecular formula is C16H13F3N4. The van der Waals surface area contributed by atoms with Crippen molar-refractivity contribution in [1.82, 2.24) is 14.4 Å². The van der Waals surface area contributed by atoms with E-state index in [0.717, 1.165) is 17.5 Å². The molecule has 3 aromatic rings. The predicted octanol–water partition coefficient (Wildman–Crippen LogP) is 2.36. The molecule has 1 aromatic carbocycles. The third-order valence-electron chi connectivity index (χ3n) is 4.41. The molecule has 0 unspecified atom stereocenters. The standard InChI is InChI=1S/C16H13F3N4/c17-10-5-12(19)11(18)3-8(10)9-4-14-15(6-13(9)20)23-2-1-21-7-16(23)22-14/h1-3,5,7,9,13H,4,6,20H2/t9-,13+/m1/s1. The van der Waals surface area contributed by atoms with Crippen molar-refractivity contribution in [1.29, 1.82) is 0 Å². The highest BCUT2D eigenvalue weighted by atomic mass is 19.2. The van der Waals surface area contributed by atoms with E-state index in [1.165, 1.54) is 0 Å². The largest absolute Gasteiger partial charge is 0.327 e. The Morgan fingerprint density at radius 2 is 1.87 bits per heavy atom. The number of imidazole rings is 1. The number of nitrogens with zero attached hydrogens (tertiary/aromatic N) is 3. The van der Waals surface area contributed by atoms with Crippen LogP contribution in [-0.4, -0.2) is 20.4 Å². The molecule has 0 fully saturated rings. The third-order valence-corrected chi connectivity index (χ3v) is 4.41. The lowest BCUT2D eigenvalue weighted by molar-refractivity contribution is 0.446. The predicted molar refractivity (Wildman–Crippen MR) is 77.4 cm³/mol. The molecule has 4 rings (SSSR count). The highest BCUT2D eigenvalue weighted by molar-refractivity contribution is 5.43. The van der Waals surface area contributed by atoms with Gasteiger partial charge in [0.2, 0.25) is 0 Å². The minimum absolute atomic E-state index is 0.0947. The van der Waals surface area contributed by atoms with E-state index >= 15 is 0 Å². The van der Waals surface area contributed by atoms with Gasteiger partial charge in [0.15, 0.2) is 17.3 Å². The van der Waals surface area contributed by atoms with Crippen molar-refractivity contribution in [2.24, 2.45) is 5.73 Å². The van der Waals surface area contributed by atoms with Crippen LogP contribution in [0.2, 0.25) is 0 Å². The summed E-state index contributed by atoms with van der Waals surface area (Å²) < 4.78 is 42.6. The maximum Gasteiger partial charge on any atom is 0.161 e. The smallest absolute Gasteiger partial charge is 0.161 e. The summed E-state index contributed by atoms with van der Waals surface area (Å²) in [6.45, 7) is 0. The molecule has 2 aromatic heterocycles. The summed E-state index contributed by atoms with van der Waals surface area (Å²) in [5.41, 5.74) is 8.72. The highest BCUT2D eigenvalue weighted by Crippen LogP contribution is 2.34. The first-order chi connectivity index (χ1) is 11.0. The van der Waals surface area contributed by atoms with Gasteiger partial charge in [0, 0.05) is 42.5 Å². The first-order valence-corrected chi connectivity index (χ1v) is 7.24. The summed E-state index contributed by atoms with van der Waals surface area (Å²) in [5.74, 6) is -3.50. The van der Waals surface area contributed by atoms with Crippen LogP contribution in [0.5, 0.6) is 0 Å². The fraction of sp³-hybridized carbons (Fsp3) is 0.250. The molecule has 2 atom stereocenters. The van der Waals surface area contributed by atoms with Crippen LogP contribution in [0.1, 0.15) is 22.9 Å². The maximum absolute atomic E-state index is 14.1. The summed E-state index contributed by atoms with van der Waals surface area (Å²) in [4.78, 5) is 8.51. The number of aromatic nitrogens is 3. The number of halogens is 3. The Labute approximate surface area is 129 Å². The second-order valence-corrected chi connectivity index (χ2v) is 5.78. The van der Waals surface area contributed by atoms with E-state index in [9.17, 15) is 13.2 Å². The van der Waals surface area contributed by atoms with Crippen LogP contribution >= 0.6 is 0 Å². The second-order valence-electron chi connectivity index (χ2n) is 5.78. The highest BCUT2D eigenvalue weighted by Gasteiger charge is 2.32. The van der Waals surface area contributed by atoms with Crippen LogP contribution < -0.4 is 5.73 Å². The molecule has 0 spiro atoms. The van der Waals surface area contributed by atoms with E-state index in [4.69, 9.17) is 5.73 Å². The molecule has 23 heavy (non-hydrogen) atoms. The van der Waals surface area contributed by atoms with Gasteiger partial charge in [0.05, 0.1) is 11.9 Å². The fourth-order valence-corrected chi connectivity index (χ4v) is 3.27. The molecule has 118 valence electrons. The lowest BCUT2D eigenvalue weighted by atomic mass is 9.80. The summed E-state index contributed by atoms with van der Waals surface area (Å²) in [6, 6.07) is 1.06. The van der Waals surface area contributed by atoms with Crippen molar-refractivity contribution in [3.63, 3.8) is 0 Å². The van der Waals surface area contributed by atoms with Crippen molar-refractivity contribution in [3.8, 4) is 0 Å². The Morgan fingerprint density at radius 1 is 1.09 bits per heavy atom. The average Bonchev–Trinajstić information content (AvgIpc) is 2.88. The number of hydrogen-bond donors (Lipinski definition) is 1. The van der Waals surface area contributed by atoms with Crippen LogP contribution in [0.15, 0.2) is 30.7 Å². The van der Waals surface area contributed by atoms with Crippen LogP contribution in [0.25, 0.3) is 5.65 Å². The third kappa shape index (κ3) is 2.19. The van der Waals surface area contributed by atoms with Gasteiger partial charge < -0.3 is 10.1 Å². The second kappa shape index (κ2) is 5.06. The topological polar surface area (TPSA) is 56.2 Å². The Hall–Kier alpha value is -2.41. The lowest BCUT2D eigenvalue weighted by Gasteiger charge is -2.29. The number of fused-ring (bicyclic) bond motifs is 3. The Balaban J connectivity index is 1.79. The molecule has 0 radical (unpaired) electrons. The number of rotatable bonds is 1. The van der Waals surface area contributed by atoms with Gasteiger partial charge in [0.1, 0.15) is 5.82 Å². The summed E-state index contributed by atoms with van der Waals surface area (Å²) in [6.07, 6.45) is 5.94. The fourth-order valence-electron chi connectivity index (χ4n) is 3.27. The Kier molecular flexibility index (Phi) is 3.12. The van der Waals surface area contributed by atoms with Gasteiger partial charge >= 0.3 is 0 Å². The molecule has 0 aliphatic heterocycles. The SMILES string of the molecule is N[C@H]1Cc2c(nc3cnccn23)C[C@@H]1c1cc(F)c(F)cc1F. The zero-order valence-electron chi connectivity index (χ0n) is 12.0. The number of benzene rings is 1. The molecule has 0 bridgehead atoms. The maximum atomic E-state index is 14.1. The van der Waals surface area contributed by atoms with Gasteiger partial charge in [-0.25, -0.2) is 18.2 Å². The van der Waals surface area contributed by atoms with Gasteiger partial charge in [-0.1, -0.05) is 0 Å². The molecule has 0 saturated carbocycles. The first-order valence-electron chi connectivity index (χ1n) is 7.24. The minimum Gasteiger partial charge on any atom is -0.327 e. The van der Waals surface area contributed by atoms with Gasteiger partial charge in [0.25, 0.3) is 0 Å². The van der Waals surface area contributed by atoms with Crippen molar-refractivity contribution in [2.75, 3.05) is 0 Å². The van der Waals surface area contributed by atoms with E-state index in [2.05, 4.69) is 9.97 Å². The number of hydrogen-bond acceptors (Lipinski definition) is 3. The lowest BCUT2D eigenvalue weighted by Crippen LogP contribution is -2.37. The van der Waals surface area contributed by atoms with E-state index in [1.54, 1.807) is 18.6 Å². The van der Waals surface area contributed by atoms with Gasteiger partial charge in [-0.3, -0.25) is 4.98 Å². The molecule has 2 N–H and O–H groups in total. The van der Waals surface area contributed by atoms with Gasteiger partial charge in [-0.05, 0) is 18.1 Å². The molecule has 0 saturated heterocycles. The Morgan fingerprint density at radius 3 is 2.70 bits per heavy atom. The van der Waals surface area contributed by atoms with E-state index in [1.807, 2.05) is 4.40 Å². The normalized spacial score (nSPS) is 20.7. The van der Waals surface area contributed by atoms with Crippen LogP contribution in [0.3, 0.4) is 0 Å². The quantitative estimate of drug-likeness (QED) is 0.701. The van der Waals surface area contributed by atoms with Gasteiger partial charge in [-0.15, -0.1) is 0 Å². The average molecular weight is 318 g/mol. The van der Waals surface area contributed by atoms with Crippen molar-refractivity contribution >= 4 is 5.65 Å². The summed E-state index contributed by atoms with van der Waals surface area (Å²) in [7, 11) is 0. The Bertz CT molecular complexity index is 906. The molecule has 2 heterocycles. The molecule has 7 heteroatoms. The van der Waals surface area contributed by atoms with Gasteiger partial charge in [-0.2, -0.15) is 0 Å². The molecule has 0 amide bonds. The molecular weight excluding hydrogens is 305 g/mol. The molecule has 1 aliphatic carbocycles. The van der Waals surface area contributed by atoms with Crippen LogP contribution in [0, 0.1) is 17.5 Å². The molecule has 1 aliphatic rings. The van der Waals surface area contributed by atoms with Crippen LogP contribution in [-0.2, 0) is 12.8 Å². The van der Waals surface area contributed by atoms with E-state index < -0.39 is 29.4 Å².